The standard InChI is InChI=1S/C20H32B10ClF2N3O/c1-9-2-4-11(34-7-9)8-35-18(25,26)15(33)16(21,22)19(27,28)36(20(29,30)17(15,23)24)14(37)10-3-5-13(32)12(31)6-10/h2-7,35H,8,21-30H2,1H3. The minimum absolute atomic E-state index is 0.119. The summed E-state index contributed by atoms with van der Waals surface area (Å²) in [5, 5.41) is -1.60. The second-order valence-electron chi connectivity index (χ2n) is 13.1. The van der Waals surface area contributed by atoms with E-state index >= 15 is 4.39 Å². The zero-order valence-electron chi connectivity index (χ0n) is 24.1. The smallest absolute Gasteiger partial charge is 0.252 e. The largest absolute Gasteiger partial charge is 0.361 e. The molecule has 1 aliphatic rings. The summed E-state index contributed by atoms with van der Waals surface area (Å²) in [6.07, 6.45) is 1.81. The quantitative estimate of drug-likeness (QED) is 0.406. The Hall–Kier alpha value is -1.40. The van der Waals surface area contributed by atoms with Crippen molar-refractivity contribution in [3.63, 3.8) is 0 Å². The fourth-order valence-corrected chi connectivity index (χ4v) is 6.93. The molecule has 184 valence electrons. The van der Waals surface area contributed by atoms with E-state index in [0.717, 1.165) is 11.3 Å². The molecule has 0 atom stereocenters. The van der Waals surface area contributed by atoms with Crippen LogP contribution in [0.15, 0.2) is 36.5 Å². The molecular formula is C20H32B10ClF2N3O. The van der Waals surface area contributed by atoms with Crippen LogP contribution in [0.4, 0.5) is 8.78 Å². The highest BCUT2D eigenvalue weighted by atomic mass is 35.5. The van der Waals surface area contributed by atoms with Crippen LogP contribution in [0.2, 0.25) is 15.5 Å². The van der Waals surface area contributed by atoms with Gasteiger partial charge < -0.3 is 10.2 Å². The van der Waals surface area contributed by atoms with Gasteiger partial charge in [0.05, 0.1) is 16.4 Å². The number of nitrogens with one attached hydrogen (secondary N) is 1. The van der Waals surface area contributed by atoms with E-state index in [2.05, 4.69) is 10.3 Å². The van der Waals surface area contributed by atoms with Gasteiger partial charge in [0.1, 0.15) is 84.3 Å². The van der Waals surface area contributed by atoms with Crippen molar-refractivity contribution in [2.24, 2.45) is 0 Å². The van der Waals surface area contributed by atoms with Crippen molar-refractivity contribution in [1.82, 2.24) is 15.2 Å². The minimum atomic E-state index is -1.80. The molecule has 3 rings (SSSR count). The maximum absolute atomic E-state index is 18.3. The molecule has 1 N–H and O–H groups in total. The number of likely N-dealkylation sites (tertiary alicyclic amines) is 1. The molecule has 0 aliphatic carbocycles. The van der Waals surface area contributed by atoms with Gasteiger partial charge in [-0.15, -0.1) is 0 Å². The molecule has 0 radical (unpaired) electrons. The van der Waals surface area contributed by atoms with Crippen LogP contribution in [0.5, 0.6) is 0 Å². The molecule has 0 unspecified atom stereocenters. The summed E-state index contributed by atoms with van der Waals surface area (Å²) in [4.78, 5) is 20.3. The number of piperidine rings is 1. The van der Waals surface area contributed by atoms with Gasteiger partial charge in [-0.2, -0.15) is 0 Å². The monoisotopic (exact) mass is 513 g/mol. The lowest BCUT2D eigenvalue weighted by atomic mass is 9.11. The SMILES string of the molecule is BC(B)(NCc1ccc(C)cn1)C1(F)C(B)(B)C(B)(B)N(C(=O)c2ccc(F)c(Cl)c2)C(B)(B)C1(B)B. The van der Waals surface area contributed by atoms with Crippen molar-refractivity contribution in [2.75, 3.05) is 0 Å². The van der Waals surface area contributed by atoms with Crippen molar-refractivity contribution in [3.8, 4) is 0 Å². The van der Waals surface area contributed by atoms with Crippen molar-refractivity contribution >= 4 is 96.0 Å². The first-order chi connectivity index (χ1) is 16.7. The van der Waals surface area contributed by atoms with E-state index in [4.69, 9.17) is 11.6 Å². The van der Waals surface area contributed by atoms with Crippen LogP contribution >= 0.6 is 11.6 Å². The molecule has 0 bridgehead atoms. The third-order valence-electron chi connectivity index (χ3n) is 9.81. The van der Waals surface area contributed by atoms with Gasteiger partial charge in [0.2, 0.25) is 0 Å². The number of nitrogens with zero attached hydrogens (tertiary/aromatic N) is 2. The van der Waals surface area contributed by atoms with Crippen LogP contribution in [-0.2, 0) is 6.54 Å². The normalized spacial score (nSPS) is 21.2. The van der Waals surface area contributed by atoms with Crippen LogP contribution in [0.3, 0.4) is 0 Å². The molecule has 1 amide bonds. The fourth-order valence-electron chi connectivity index (χ4n) is 6.75. The first-order valence-electron chi connectivity index (χ1n) is 12.8. The molecule has 0 spiro atoms. The Bertz CT molecular complexity index is 1190. The number of pyridine rings is 1. The summed E-state index contributed by atoms with van der Waals surface area (Å²) in [7, 11) is 19.0. The second kappa shape index (κ2) is 9.36. The van der Waals surface area contributed by atoms with Crippen molar-refractivity contribution in [2.45, 2.75) is 45.6 Å². The highest BCUT2D eigenvalue weighted by Crippen LogP contribution is 2.67. The van der Waals surface area contributed by atoms with Gasteiger partial charge in [0, 0.05) is 18.3 Å². The molecule has 17 heteroatoms. The number of amides is 1. The molecule has 0 saturated carbocycles. The number of rotatable bonds is 5. The lowest BCUT2D eigenvalue weighted by Crippen LogP contribution is -2.89. The van der Waals surface area contributed by atoms with Gasteiger partial charge in [-0.3, -0.25) is 9.78 Å². The summed E-state index contributed by atoms with van der Waals surface area (Å²) >= 11 is 6.03. The topological polar surface area (TPSA) is 45.2 Å². The lowest BCUT2D eigenvalue weighted by molar-refractivity contribution is -0.0348. The van der Waals surface area contributed by atoms with Gasteiger partial charge in [0.25, 0.3) is 5.91 Å². The number of halogens is 3. The number of alkyl halides is 1. The predicted molar refractivity (Wildman–Crippen MR) is 176 cm³/mol. The second-order valence-corrected chi connectivity index (χ2v) is 13.5. The third-order valence-corrected chi connectivity index (χ3v) is 10.1. The zero-order chi connectivity index (χ0) is 28.4. The average molecular weight is 512 g/mol. The van der Waals surface area contributed by atoms with Gasteiger partial charge in [0.15, 0.2) is 0 Å². The zero-order valence-corrected chi connectivity index (χ0v) is 24.9. The fraction of sp³-hybridized carbons (Fsp3) is 0.400. The van der Waals surface area contributed by atoms with Crippen LogP contribution in [0.1, 0.15) is 21.6 Å². The lowest BCUT2D eigenvalue weighted by Gasteiger charge is -2.77. The Labute approximate surface area is 234 Å². The molecule has 4 nitrogen and oxygen atoms in total. The highest BCUT2D eigenvalue weighted by molar-refractivity contribution is 6.63. The van der Waals surface area contributed by atoms with Gasteiger partial charge in [-0.05, 0) is 63.2 Å². The van der Waals surface area contributed by atoms with E-state index in [1.807, 2.05) is 97.5 Å². The number of carbonyl (C=O) groups excluding carboxylic acids is 1. The summed E-state index contributed by atoms with van der Waals surface area (Å²) in [6, 6.07) is 7.92. The van der Waals surface area contributed by atoms with E-state index in [1.54, 1.807) is 11.1 Å². The maximum atomic E-state index is 18.3. The van der Waals surface area contributed by atoms with E-state index in [1.165, 1.54) is 18.2 Å². The predicted octanol–water partition coefficient (Wildman–Crippen LogP) is -6.34. The molecule has 2 heterocycles. The molecule has 1 aromatic carbocycles. The first kappa shape index (κ1) is 30.1. The molecule has 37 heavy (non-hydrogen) atoms. The molecule has 1 saturated heterocycles. The number of carbonyl (C=O) groups is 1. The van der Waals surface area contributed by atoms with Gasteiger partial charge in [-0.1, -0.05) is 17.7 Å². The summed E-state index contributed by atoms with van der Waals surface area (Å²) in [6.45, 7) is 2.39. The summed E-state index contributed by atoms with van der Waals surface area (Å²) in [5.41, 5.74) is 0.364. The molecule has 1 fully saturated rings. The maximum Gasteiger partial charge on any atom is 0.252 e. The highest BCUT2D eigenvalue weighted by Gasteiger charge is 2.75. The third kappa shape index (κ3) is 4.29. The van der Waals surface area contributed by atoms with Crippen LogP contribution in [0.25, 0.3) is 0 Å². The number of aryl methyl sites for hydroxylation is 1. The Kier molecular flexibility index (Phi) is 7.63. The van der Waals surface area contributed by atoms with Crippen LogP contribution in [0, 0.1) is 12.7 Å². The van der Waals surface area contributed by atoms with E-state index in [0.29, 0.717) is 6.54 Å². The average Bonchev–Trinajstić information content (AvgIpc) is 2.78. The summed E-state index contributed by atoms with van der Waals surface area (Å²) in [5.74, 6) is -0.899. The Morgan fingerprint density at radius 3 is 2.03 bits per heavy atom. The molecule has 2 aromatic rings. The first-order valence-corrected chi connectivity index (χ1v) is 13.2. The van der Waals surface area contributed by atoms with Crippen molar-refractivity contribution in [1.29, 1.82) is 0 Å². The van der Waals surface area contributed by atoms with E-state index in [9.17, 15) is 9.18 Å². The minimum Gasteiger partial charge on any atom is -0.361 e. The van der Waals surface area contributed by atoms with E-state index in [-0.39, 0.29) is 16.5 Å². The Morgan fingerprint density at radius 1 is 1.03 bits per heavy atom. The van der Waals surface area contributed by atoms with Crippen molar-refractivity contribution in [3.05, 3.63) is 64.2 Å². The Morgan fingerprint density at radius 2 is 1.57 bits per heavy atom. The van der Waals surface area contributed by atoms with Crippen LogP contribution < -0.4 is 5.32 Å². The molecular weight excluding hydrogens is 480 g/mol. The number of aromatic nitrogens is 1. The Balaban J connectivity index is 2.13. The molecule has 1 aliphatic heterocycles. The number of benzene rings is 1. The van der Waals surface area contributed by atoms with Crippen LogP contribution in [-0.4, -0.2) is 116 Å². The summed E-state index contributed by atoms with van der Waals surface area (Å²) < 4.78 is 32.2. The van der Waals surface area contributed by atoms with Gasteiger partial charge >= 0.3 is 0 Å². The van der Waals surface area contributed by atoms with Crippen molar-refractivity contribution < 1.29 is 13.6 Å². The molecule has 1 aromatic heterocycles. The number of hydrogen-bond acceptors (Lipinski definition) is 3. The number of hydrogen-bond donors (Lipinski definition) is 1. The van der Waals surface area contributed by atoms with Gasteiger partial charge in [-0.25, -0.2) is 8.78 Å². The van der Waals surface area contributed by atoms with E-state index < -0.39 is 37.9 Å².